The van der Waals surface area contributed by atoms with Gasteiger partial charge < -0.3 is 15.4 Å². The van der Waals surface area contributed by atoms with E-state index in [1.54, 1.807) is 7.11 Å². The molecule has 0 fully saturated rings. The van der Waals surface area contributed by atoms with Gasteiger partial charge in [0, 0.05) is 22.0 Å². The average Bonchev–Trinajstić information content (AvgIpc) is 3.15. The number of aromatic nitrogens is 1. The summed E-state index contributed by atoms with van der Waals surface area (Å²) in [6, 6.07) is 15.2. The fourth-order valence-electron chi connectivity index (χ4n) is 2.57. The van der Waals surface area contributed by atoms with E-state index in [9.17, 15) is 4.79 Å². The molecule has 2 N–H and O–H groups in total. The number of benzene rings is 2. The normalized spacial score (nSPS) is 11.8. The van der Waals surface area contributed by atoms with Gasteiger partial charge >= 0.3 is 0 Å². The molecule has 27 heavy (non-hydrogen) atoms. The number of amides is 1. The van der Waals surface area contributed by atoms with Crippen LogP contribution in [-0.2, 0) is 4.79 Å². The maximum Gasteiger partial charge on any atom is 0.240 e. The summed E-state index contributed by atoms with van der Waals surface area (Å²) >= 11 is 7.58. The van der Waals surface area contributed by atoms with Crippen LogP contribution in [0.1, 0.15) is 18.5 Å². The number of nitrogens with one attached hydrogen (secondary N) is 2. The molecule has 0 saturated carbocycles. The van der Waals surface area contributed by atoms with Crippen LogP contribution in [0.4, 0.5) is 5.13 Å². The van der Waals surface area contributed by atoms with E-state index >= 15 is 0 Å². The van der Waals surface area contributed by atoms with Crippen molar-refractivity contribution in [3.05, 3.63) is 64.5 Å². The van der Waals surface area contributed by atoms with Gasteiger partial charge in [0.25, 0.3) is 0 Å². The minimum atomic E-state index is -0.149. The monoisotopic (exact) mass is 401 g/mol. The van der Waals surface area contributed by atoms with Crippen LogP contribution in [0.2, 0.25) is 5.02 Å². The fourth-order valence-corrected chi connectivity index (χ4v) is 3.61. The summed E-state index contributed by atoms with van der Waals surface area (Å²) in [6.45, 7) is 2.14. The van der Waals surface area contributed by atoms with Crippen LogP contribution < -0.4 is 15.4 Å². The number of hydrogen-bond acceptors (Lipinski definition) is 5. The molecule has 3 aromatic rings. The van der Waals surface area contributed by atoms with Crippen LogP contribution in [0.15, 0.2) is 53.9 Å². The Morgan fingerprint density at radius 2 is 1.96 bits per heavy atom. The molecule has 140 valence electrons. The summed E-state index contributed by atoms with van der Waals surface area (Å²) in [4.78, 5) is 16.7. The number of carbonyl (C=O) groups excluding carboxylic acids is 1. The second-order valence-electron chi connectivity index (χ2n) is 5.94. The maximum atomic E-state index is 12.2. The molecule has 1 heterocycles. The Morgan fingerprint density at radius 3 is 2.67 bits per heavy atom. The van der Waals surface area contributed by atoms with Crippen molar-refractivity contribution in [3.63, 3.8) is 0 Å². The summed E-state index contributed by atoms with van der Waals surface area (Å²) in [5.74, 6) is 0.644. The Labute approximate surface area is 167 Å². The quantitative estimate of drug-likeness (QED) is 0.599. The first-order valence-corrected chi connectivity index (χ1v) is 9.70. The van der Waals surface area contributed by atoms with Crippen molar-refractivity contribution >= 4 is 34.0 Å². The molecule has 7 heteroatoms. The number of halogens is 1. The van der Waals surface area contributed by atoms with Crippen LogP contribution in [0.3, 0.4) is 0 Å². The van der Waals surface area contributed by atoms with Gasteiger partial charge in [0.2, 0.25) is 5.91 Å². The van der Waals surface area contributed by atoms with Gasteiger partial charge in [0.15, 0.2) is 5.13 Å². The molecular formula is C20H20ClN3O2S. The largest absolute Gasteiger partial charge is 0.497 e. The lowest BCUT2D eigenvalue weighted by atomic mass is 10.1. The zero-order chi connectivity index (χ0) is 19.2. The van der Waals surface area contributed by atoms with Crippen molar-refractivity contribution in [1.29, 1.82) is 0 Å². The molecule has 0 radical (unpaired) electrons. The second-order valence-corrected chi connectivity index (χ2v) is 7.20. The highest BCUT2D eigenvalue weighted by Gasteiger charge is 2.12. The van der Waals surface area contributed by atoms with Gasteiger partial charge in [-0.1, -0.05) is 29.8 Å². The lowest BCUT2D eigenvalue weighted by Gasteiger charge is -2.15. The first-order chi connectivity index (χ1) is 13.1. The van der Waals surface area contributed by atoms with Crippen molar-refractivity contribution in [3.8, 4) is 17.0 Å². The number of ether oxygens (including phenoxy) is 1. The third-order valence-electron chi connectivity index (χ3n) is 4.08. The minimum Gasteiger partial charge on any atom is -0.497 e. The number of hydrogen-bond donors (Lipinski definition) is 2. The molecular weight excluding hydrogens is 382 g/mol. The van der Waals surface area contributed by atoms with Gasteiger partial charge in [-0.3, -0.25) is 4.79 Å². The summed E-state index contributed by atoms with van der Waals surface area (Å²) in [5.41, 5.74) is 2.75. The topological polar surface area (TPSA) is 63.2 Å². The highest BCUT2D eigenvalue weighted by atomic mass is 35.5. The van der Waals surface area contributed by atoms with Crippen molar-refractivity contribution < 1.29 is 9.53 Å². The van der Waals surface area contributed by atoms with Crippen LogP contribution in [0.5, 0.6) is 5.75 Å². The summed E-state index contributed by atoms with van der Waals surface area (Å²) in [5, 5.41) is 9.17. The van der Waals surface area contributed by atoms with Crippen LogP contribution in [0, 0.1) is 0 Å². The second kappa shape index (κ2) is 8.99. The molecule has 1 unspecified atom stereocenters. The Morgan fingerprint density at radius 1 is 1.22 bits per heavy atom. The van der Waals surface area contributed by atoms with E-state index in [-0.39, 0.29) is 18.5 Å². The molecule has 0 aliphatic carbocycles. The summed E-state index contributed by atoms with van der Waals surface area (Å²) in [7, 11) is 1.63. The number of rotatable bonds is 7. The molecule has 5 nitrogen and oxygen atoms in total. The molecule has 0 bridgehead atoms. The predicted molar refractivity (Wildman–Crippen MR) is 111 cm³/mol. The average molecular weight is 402 g/mol. The SMILES string of the molecule is COc1ccc(-c2csc(NC(=O)CNC(C)c3ccccc3Cl)n2)cc1. The number of carbonyl (C=O) groups is 1. The summed E-state index contributed by atoms with van der Waals surface area (Å²) < 4.78 is 5.16. The van der Waals surface area contributed by atoms with Gasteiger partial charge in [0.05, 0.1) is 19.3 Å². The minimum absolute atomic E-state index is 0.0318. The van der Waals surface area contributed by atoms with Gasteiger partial charge in [-0.15, -0.1) is 11.3 Å². The smallest absolute Gasteiger partial charge is 0.240 e. The van der Waals surface area contributed by atoms with Crippen molar-refractivity contribution in [1.82, 2.24) is 10.3 Å². The van der Waals surface area contributed by atoms with Crippen molar-refractivity contribution in [2.45, 2.75) is 13.0 Å². The lowest BCUT2D eigenvalue weighted by Crippen LogP contribution is -2.30. The zero-order valence-corrected chi connectivity index (χ0v) is 16.6. The van der Waals surface area contributed by atoms with E-state index in [0.29, 0.717) is 10.2 Å². The fraction of sp³-hybridized carbons (Fsp3) is 0.200. The van der Waals surface area contributed by atoms with E-state index in [1.807, 2.05) is 60.8 Å². The van der Waals surface area contributed by atoms with Gasteiger partial charge in [0.1, 0.15) is 5.75 Å². The Bertz CT molecular complexity index is 912. The van der Waals surface area contributed by atoms with Gasteiger partial charge in [-0.05, 0) is 42.8 Å². The molecule has 0 saturated heterocycles. The molecule has 3 rings (SSSR count). The van der Waals surface area contributed by atoms with E-state index in [4.69, 9.17) is 16.3 Å². The standard InChI is InChI=1S/C20H20ClN3O2S/c1-13(16-5-3-4-6-17(16)21)22-11-19(25)24-20-23-18(12-27-20)14-7-9-15(26-2)10-8-14/h3-10,12-13,22H,11H2,1-2H3,(H,23,24,25). The highest BCUT2D eigenvalue weighted by molar-refractivity contribution is 7.14. The number of methoxy groups -OCH3 is 1. The van der Waals surface area contributed by atoms with E-state index in [1.165, 1.54) is 11.3 Å². The third-order valence-corrected chi connectivity index (χ3v) is 5.18. The van der Waals surface area contributed by atoms with E-state index < -0.39 is 0 Å². The lowest BCUT2D eigenvalue weighted by molar-refractivity contribution is -0.115. The molecule has 2 aromatic carbocycles. The third kappa shape index (κ3) is 5.07. The first kappa shape index (κ1) is 19.4. The van der Waals surface area contributed by atoms with Crippen molar-refractivity contribution in [2.24, 2.45) is 0 Å². The first-order valence-electron chi connectivity index (χ1n) is 8.44. The predicted octanol–water partition coefficient (Wildman–Crippen LogP) is 4.76. The summed E-state index contributed by atoms with van der Waals surface area (Å²) in [6.07, 6.45) is 0. The van der Waals surface area contributed by atoms with Crippen molar-refractivity contribution in [2.75, 3.05) is 19.0 Å². The van der Waals surface area contributed by atoms with Gasteiger partial charge in [-0.25, -0.2) is 4.98 Å². The molecule has 0 spiro atoms. The Hall–Kier alpha value is -2.41. The zero-order valence-electron chi connectivity index (χ0n) is 15.0. The van der Waals surface area contributed by atoms with E-state index in [2.05, 4.69) is 15.6 Å². The molecule has 0 aliphatic heterocycles. The van der Waals surface area contributed by atoms with E-state index in [0.717, 1.165) is 22.6 Å². The molecule has 1 amide bonds. The molecule has 1 atom stereocenters. The van der Waals surface area contributed by atoms with Crippen LogP contribution in [0.25, 0.3) is 11.3 Å². The number of nitrogens with zero attached hydrogens (tertiary/aromatic N) is 1. The van der Waals surface area contributed by atoms with Crippen LogP contribution in [-0.4, -0.2) is 24.5 Å². The molecule has 0 aliphatic rings. The number of anilines is 1. The van der Waals surface area contributed by atoms with Crippen LogP contribution >= 0.6 is 22.9 Å². The number of thiazole rings is 1. The Kier molecular flexibility index (Phi) is 6.45. The highest BCUT2D eigenvalue weighted by Crippen LogP contribution is 2.26. The maximum absolute atomic E-state index is 12.2. The Balaban J connectivity index is 1.55. The molecule has 1 aromatic heterocycles. The van der Waals surface area contributed by atoms with Gasteiger partial charge in [-0.2, -0.15) is 0 Å².